The van der Waals surface area contributed by atoms with Gasteiger partial charge in [0.25, 0.3) is 0 Å². The smallest absolute Gasteiger partial charge is 0.410 e. The Morgan fingerprint density at radius 2 is 2.10 bits per heavy atom. The minimum absolute atomic E-state index is 0.210. The second-order valence-electron chi connectivity index (χ2n) is 5.47. The molecule has 0 aromatic heterocycles. The summed E-state index contributed by atoms with van der Waals surface area (Å²) in [5, 5.41) is 3.30. The van der Waals surface area contributed by atoms with Crippen molar-refractivity contribution in [2.75, 3.05) is 26.7 Å². The number of hydrogen-bond donors (Lipinski definition) is 1. The normalized spacial score (nSPS) is 21.1. The van der Waals surface area contributed by atoms with Gasteiger partial charge in [0, 0.05) is 18.4 Å². The molecule has 2 saturated heterocycles. The third kappa shape index (κ3) is 2.45. The lowest BCUT2D eigenvalue weighted by Gasteiger charge is -2.31. The third-order valence-corrected chi connectivity index (χ3v) is 4.11. The first kappa shape index (κ1) is 13.2. The van der Waals surface area contributed by atoms with E-state index in [-0.39, 0.29) is 11.7 Å². The first-order valence-corrected chi connectivity index (χ1v) is 7.03. The number of nitrogens with one attached hydrogen (secondary N) is 1. The van der Waals surface area contributed by atoms with Crippen LogP contribution in [0.3, 0.4) is 0 Å². The van der Waals surface area contributed by atoms with Crippen molar-refractivity contribution in [2.45, 2.75) is 25.0 Å². The van der Waals surface area contributed by atoms with E-state index >= 15 is 0 Å². The molecular weight excluding hydrogens is 256 g/mol. The molecule has 5 nitrogen and oxygen atoms in total. The lowest BCUT2D eigenvalue weighted by atomic mass is 9.92. The van der Waals surface area contributed by atoms with Gasteiger partial charge >= 0.3 is 6.09 Å². The van der Waals surface area contributed by atoms with Crippen molar-refractivity contribution < 1.29 is 14.3 Å². The van der Waals surface area contributed by atoms with Crippen LogP contribution in [0.25, 0.3) is 0 Å². The topological polar surface area (TPSA) is 50.8 Å². The van der Waals surface area contributed by atoms with E-state index in [1.165, 1.54) is 0 Å². The fraction of sp³-hybridized carbons (Fsp3) is 0.533. The zero-order chi connectivity index (χ0) is 14.0. The van der Waals surface area contributed by atoms with Crippen LogP contribution in [0.5, 0.6) is 5.75 Å². The van der Waals surface area contributed by atoms with Gasteiger partial charge in [-0.3, -0.25) is 4.90 Å². The number of carbonyl (C=O) groups is 1. The van der Waals surface area contributed by atoms with E-state index in [0.29, 0.717) is 13.1 Å². The largest absolute Gasteiger partial charge is 0.496 e. The monoisotopic (exact) mass is 276 g/mol. The van der Waals surface area contributed by atoms with Gasteiger partial charge in [0.2, 0.25) is 0 Å². The zero-order valence-electron chi connectivity index (χ0n) is 11.7. The van der Waals surface area contributed by atoms with E-state index in [4.69, 9.17) is 9.47 Å². The maximum Gasteiger partial charge on any atom is 0.410 e. The van der Waals surface area contributed by atoms with E-state index in [1.54, 1.807) is 12.0 Å². The maximum absolute atomic E-state index is 12.1. The van der Waals surface area contributed by atoms with Gasteiger partial charge in [0.1, 0.15) is 11.4 Å². The number of methoxy groups -OCH3 is 1. The van der Waals surface area contributed by atoms with E-state index in [0.717, 1.165) is 37.2 Å². The summed E-state index contributed by atoms with van der Waals surface area (Å²) in [6.45, 7) is 3.04. The first-order chi connectivity index (χ1) is 9.72. The van der Waals surface area contributed by atoms with Crippen molar-refractivity contribution in [2.24, 2.45) is 0 Å². The number of nitrogens with zero attached hydrogens (tertiary/aromatic N) is 1. The molecule has 0 bridgehead atoms. The predicted octanol–water partition coefficient (Wildman–Crippen LogP) is 1.77. The third-order valence-electron chi connectivity index (χ3n) is 4.11. The number of ether oxygens (including phenoxy) is 2. The molecule has 0 atom stereocenters. The van der Waals surface area contributed by atoms with Gasteiger partial charge in [-0.1, -0.05) is 18.2 Å². The number of para-hydroxylation sites is 1. The number of benzene rings is 1. The Bertz CT molecular complexity index is 498. The van der Waals surface area contributed by atoms with Crippen molar-refractivity contribution >= 4 is 6.09 Å². The number of amides is 1. The second kappa shape index (κ2) is 5.32. The second-order valence-corrected chi connectivity index (χ2v) is 5.47. The van der Waals surface area contributed by atoms with Gasteiger partial charge in [-0.25, -0.2) is 4.79 Å². The summed E-state index contributed by atoms with van der Waals surface area (Å²) in [5.74, 6) is 0.812. The molecule has 0 saturated carbocycles. The zero-order valence-corrected chi connectivity index (χ0v) is 11.7. The number of carbonyl (C=O) groups excluding carboxylic acids is 1. The fourth-order valence-electron chi connectivity index (χ4n) is 3.00. The molecule has 1 aromatic carbocycles. The van der Waals surface area contributed by atoms with Crippen LogP contribution in [0.2, 0.25) is 0 Å². The van der Waals surface area contributed by atoms with Crippen LogP contribution in [-0.4, -0.2) is 43.3 Å². The highest BCUT2D eigenvalue weighted by molar-refractivity contribution is 5.71. The highest BCUT2D eigenvalue weighted by atomic mass is 16.6. The van der Waals surface area contributed by atoms with Crippen LogP contribution in [0.4, 0.5) is 4.79 Å². The summed E-state index contributed by atoms with van der Waals surface area (Å²) in [6, 6.07) is 7.79. The SMILES string of the molecule is COc1ccccc1CN1CC2(CCNCC2)OC1=O. The highest BCUT2D eigenvalue weighted by Crippen LogP contribution is 2.32. The average molecular weight is 276 g/mol. The highest BCUT2D eigenvalue weighted by Gasteiger charge is 2.45. The molecule has 20 heavy (non-hydrogen) atoms. The van der Waals surface area contributed by atoms with Gasteiger partial charge in [-0.15, -0.1) is 0 Å². The molecule has 1 amide bonds. The standard InChI is InChI=1S/C15H20N2O3/c1-19-13-5-3-2-4-12(13)10-17-11-15(20-14(17)18)6-8-16-9-7-15/h2-5,16H,6-11H2,1H3. The minimum Gasteiger partial charge on any atom is -0.496 e. The summed E-state index contributed by atoms with van der Waals surface area (Å²) in [5.41, 5.74) is 0.725. The molecule has 3 rings (SSSR count). The van der Waals surface area contributed by atoms with Gasteiger partial charge < -0.3 is 14.8 Å². The Balaban J connectivity index is 1.73. The van der Waals surface area contributed by atoms with Crippen LogP contribution in [0, 0.1) is 0 Å². The van der Waals surface area contributed by atoms with E-state index < -0.39 is 0 Å². The number of hydrogen-bond acceptors (Lipinski definition) is 4. The molecule has 2 fully saturated rings. The summed E-state index contributed by atoms with van der Waals surface area (Å²) in [7, 11) is 1.65. The Hall–Kier alpha value is -1.75. The number of rotatable bonds is 3. The van der Waals surface area contributed by atoms with Gasteiger partial charge in [0.15, 0.2) is 0 Å². The van der Waals surface area contributed by atoms with Crippen molar-refractivity contribution in [1.82, 2.24) is 10.2 Å². The summed E-state index contributed by atoms with van der Waals surface area (Å²) < 4.78 is 11.0. The van der Waals surface area contributed by atoms with Crippen LogP contribution >= 0.6 is 0 Å². The molecule has 2 aliphatic heterocycles. The van der Waals surface area contributed by atoms with Crippen LogP contribution in [-0.2, 0) is 11.3 Å². The molecule has 2 heterocycles. The first-order valence-electron chi connectivity index (χ1n) is 7.03. The lowest BCUT2D eigenvalue weighted by Crippen LogP contribution is -2.44. The number of piperidine rings is 1. The van der Waals surface area contributed by atoms with Crippen molar-refractivity contribution in [3.8, 4) is 5.75 Å². The molecule has 2 aliphatic rings. The van der Waals surface area contributed by atoms with E-state index in [1.807, 2.05) is 24.3 Å². The molecule has 1 spiro atoms. The predicted molar refractivity (Wildman–Crippen MR) is 74.7 cm³/mol. The van der Waals surface area contributed by atoms with Crippen LogP contribution < -0.4 is 10.1 Å². The van der Waals surface area contributed by atoms with Crippen molar-refractivity contribution in [1.29, 1.82) is 0 Å². The fourth-order valence-corrected chi connectivity index (χ4v) is 3.00. The molecule has 1 aromatic rings. The molecule has 108 valence electrons. The Morgan fingerprint density at radius 3 is 2.85 bits per heavy atom. The Morgan fingerprint density at radius 1 is 1.35 bits per heavy atom. The van der Waals surface area contributed by atoms with E-state index in [9.17, 15) is 4.79 Å². The average Bonchev–Trinajstić information content (AvgIpc) is 2.76. The summed E-state index contributed by atoms with van der Waals surface area (Å²) >= 11 is 0. The molecule has 0 aliphatic carbocycles. The molecule has 0 unspecified atom stereocenters. The molecular formula is C15H20N2O3. The van der Waals surface area contributed by atoms with Gasteiger partial charge in [-0.05, 0) is 19.2 Å². The Kier molecular flexibility index (Phi) is 3.53. The van der Waals surface area contributed by atoms with E-state index in [2.05, 4.69) is 5.32 Å². The lowest BCUT2D eigenvalue weighted by molar-refractivity contribution is 0.0316. The summed E-state index contributed by atoms with van der Waals surface area (Å²) in [6.07, 6.45) is 1.57. The van der Waals surface area contributed by atoms with Gasteiger partial charge in [0.05, 0.1) is 20.2 Å². The Labute approximate surface area is 118 Å². The maximum atomic E-state index is 12.1. The molecule has 1 N–H and O–H groups in total. The van der Waals surface area contributed by atoms with Crippen molar-refractivity contribution in [3.05, 3.63) is 29.8 Å². The minimum atomic E-state index is -0.287. The van der Waals surface area contributed by atoms with Gasteiger partial charge in [-0.2, -0.15) is 0 Å². The molecule has 5 heteroatoms. The quantitative estimate of drug-likeness (QED) is 0.914. The molecule has 0 radical (unpaired) electrons. The van der Waals surface area contributed by atoms with Crippen molar-refractivity contribution in [3.63, 3.8) is 0 Å². The van der Waals surface area contributed by atoms with Crippen LogP contribution in [0.15, 0.2) is 24.3 Å². The van der Waals surface area contributed by atoms with Crippen LogP contribution in [0.1, 0.15) is 18.4 Å². The summed E-state index contributed by atoms with van der Waals surface area (Å²) in [4.78, 5) is 13.9.